The van der Waals surface area contributed by atoms with Crippen LogP contribution in [0.5, 0.6) is 0 Å². The van der Waals surface area contributed by atoms with Crippen molar-refractivity contribution < 1.29 is 18.1 Å². The van der Waals surface area contributed by atoms with Gasteiger partial charge in [0.25, 0.3) is 0 Å². The van der Waals surface area contributed by atoms with Gasteiger partial charge in [-0.3, -0.25) is 13.6 Å². The van der Waals surface area contributed by atoms with E-state index in [0.717, 1.165) is 25.0 Å². The molecule has 1 fully saturated rings. The number of hydrogen-bond donors (Lipinski definition) is 0. The van der Waals surface area contributed by atoms with Crippen molar-refractivity contribution in [2.75, 3.05) is 19.0 Å². The molecule has 0 amide bonds. The minimum absolute atomic E-state index is 0.00682. The summed E-state index contributed by atoms with van der Waals surface area (Å²) in [7, 11) is -3.36. The van der Waals surface area contributed by atoms with Crippen LogP contribution in [0, 0.1) is 0 Å². The molecule has 0 aromatic carbocycles. The molecular weight excluding hydrogens is 271 g/mol. The van der Waals surface area contributed by atoms with Crippen LogP contribution < -0.4 is 0 Å². The smallest absolute Gasteiger partial charge is 0.287 e. The van der Waals surface area contributed by atoms with Gasteiger partial charge in [0.2, 0.25) is 0 Å². The second-order valence-corrected chi connectivity index (χ2v) is 7.34. The van der Waals surface area contributed by atoms with E-state index in [2.05, 4.69) is 6.92 Å². The molecule has 0 aliphatic heterocycles. The van der Waals surface area contributed by atoms with Crippen molar-refractivity contribution in [3.63, 3.8) is 0 Å². The molecule has 4 nitrogen and oxygen atoms in total. The van der Waals surface area contributed by atoms with Crippen LogP contribution >= 0.6 is 19.6 Å². The van der Waals surface area contributed by atoms with Gasteiger partial charge in [-0.05, 0) is 32.4 Å². The second kappa shape index (κ2) is 8.60. The lowest BCUT2D eigenvalue weighted by Gasteiger charge is -2.32. The van der Waals surface area contributed by atoms with Crippen molar-refractivity contribution in [1.82, 2.24) is 0 Å². The Balaban J connectivity index is 2.62. The van der Waals surface area contributed by atoms with E-state index in [9.17, 15) is 4.57 Å². The Kier molecular flexibility index (Phi) is 7.89. The molecule has 1 aliphatic carbocycles. The van der Waals surface area contributed by atoms with Crippen molar-refractivity contribution >= 4 is 19.6 Å². The van der Waals surface area contributed by atoms with Gasteiger partial charge in [0.15, 0.2) is 0 Å². The van der Waals surface area contributed by atoms with Crippen LogP contribution in [-0.2, 0) is 18.1 Å². The number of hydrogen-bond acceptors (Lipinski definition) is 5. The summed E-state index contributed by atoms with van der Waals surface area (Å²) in [4.78, 5) is 0. The summed E-state index contributed by atoms with van der Waals surface area (Å²) in [6.07, 6.45) is 4.42. The normalized spacial score (nSPS) is 25.3. The molecule has 0 heterocycles. The van der Waals surface area contributed by atoms with Gasteiger partial charge in [-0.15, -0.1) is 0 Å². The summed E-state index contributed by atoms with van der Waals surface area (Å²) in [6.45, 7) is 6.43. The Labute approximate surface area is 115 Å². The third-order valence-electron chi connectivity index (χ3n) is 2.86. The SMILES string of the molecule is CCOP(=O)(OCC)OC1CCCCC1SCC. The number of thioether (sulfide) groups is 1. The zero-order valence-corrected chi connectivity index (χ0v) is 13.3. The molecule has 0 aromatic heterocycles. The summed E-state index contributed by atoms with van der Waals surface area (Å²) in [5.41, 5.74) is 0. The second-order valence-electron chi connectivity index (χ2n) is 4.20. The molecule has 1 aliphatic rings. The maximum Gasteiger partial charge on any atom is 0.475 e. The fourth-order valence-electron chi connectivity index (χ4n) is 2.17. The number of phosphoric acid groups is 1. The molecule has 0 saturated heterocycles. The maximum atomic E-state index is 12.4. The molecule has 0 aromatic rings. The van der Waals surface area contributed by atoms with Crippen LogP contribution in [0.15, 0.2) is 0 Å². The van der Waals surface area contributed by atoms with E-state index >= 15 is 0 Å². The van der Waals surface area contributed by atoms with E-state index < -0.39 is 7.82 Å². The minimum Gasteiger partial charge on any atom is -0.287 e. The van der Waals surface area contributed by atoms with Gasteiger partial charge in [0.1, 0.15) is 0 Å². The Hall–Kier alpha value is 0.460. The van der Waals surface area contributed by atoms with E-state index in [1.54, 1.807) is 13.8 Å². The standard InChI is InChI=1S/C12H25O4PS/c1-4-14-17(13,15-5-2)16-11-9-7-8-10-12(11)18-6-3/h11-12H,4-10H2,1-3H3. The highest BCUT2D eigenvalue weighted by Crippen LogP contribution is 2.52. The van der Waals surface area contributed by atoms with Crippen LogP contribution in [0.1, 0.15) is 46.5 Å². The lowest BCUT2D eigenvalue weighted by Crippen LogP contribution is -2.30. The fourth-order valence-corrected chi connectivity index (χ4v) is 4.83. The molecular formula is C12H25O4PS. The summed E-state index contributed by atoms with van der Waals surface area (Å²) < 4.78 is 28.5. The molecule has 0 radical (unpaired) electrons. The van der Waals surface area contributed by atoms with Gasteiger partial charge in [-0.25, -0.2) is 4.57 Å². The van der Waals surface area contributed by atoms with Crippen LogP contribution in [0.2, 0.25) is 0 Å². The molecule has 2 unspecified atom stereocenters. The first kappa shape index (κ1) is 16.5. The quantitative estimate of drug-likeness (QED) is 0.627. The van der Waals surface area contributed by atoms with E-state index in [1.807, 2.05) is 11.8 Å². The average molecular weight is 296 g/mol. The summed E-state index contributed by atoms with van der Waals surface area (Å²) >= 11 is 1.88. The first-order valence-electron chi connectivity index (χ1n) is 6.84. The van der Waals surface area contributed by atoms with Crippen LogP contribution in [0.25, 0.3) is 0 Å². The largest absolute Gasteiger partial charge is 0.475 e. The molecule has 0 N–H and O–H groups in total. The molecule has 108 valence electrons. The van der Waals surface area contributed by atoms with Crippen molar-refractivity contribution in [2.45, 2.75) is 57.8 Å². The molecule has 18 heavy (non-hydrogen) atoms. The number of phosphoric ester groups is 1. The monoisotopic (exact) mass is 296 g/mol. The van der Waals surface area contributed by atoms with Crippen LogP contribution in [-0.4, -0.2) is 30.3 Å². The van der Waals surface area contributed by atoms with Gasteiger partial charge in [-0.1, -0.05) is 19.8 Å². The molecule has 6 heteroatoms. The highest BCUT2D eigenvalue weighted by Gasteiger charge is 2.35. The van der Waals surface area contributed by atoms with Gasteiger partial charge >= 0.3 is 7.82 Å². The average Bonchev–Trinajstić information content (AvgIpc) is 2.32. The van der Waals surface area contributed by atoms with Crippen molar-refractivity contribution in [3.8, 4) is 0 Å². The highest BCUT2D eigenvalue weighted by molar-refractivity contribution is 7.99. The predicted molar refractivity (Wildman–Crippen MR) is 76.1 cm³/mol. The summed E-state index contributed by atoms with van der Waals surface area (Å²) in [5, 5.41) is 0.415. The van der Waals surface area contributed by atoms with E-state index in [-0.39, 0.29) is 6.10 Å². The van der Waals surface area contributed by atoms with Crippen molar-refractivity contribution in [2.24, 2.45) is 0 Å². The van der Waals surface area contributed by atoms with Gasteiger partial charge in [-0.2, -0.15) is 11.8 Å². The predicted octanol–water partition coefficient (Wildman–Crippen LogP) is 4.25. The van der Waals surface area contributed by atoms with Crippen LogP contribution in [0.3, 0.4) is 0 Å². The lowest BCUT2D eigenvalue weighted by atomic mass is 9.97. The zero-order chi connectivity index (χ0) is 13.4. The summed E-state index contributed by atoms with van der Waals surface area (Å²) in [5.74, 6) is 1.05. The third-order valence-corrected chi connectivity index (χ3v) is 5.84. The number of rotatable bonds is 8. The third kappa shape index (κ3) is 5.22. The molecule has 1 rings (SSSR count). The highest BCUT2D eigenvalue weighted by atomic mass is 32.2. The molecule has 1 saturated carbocycles. The van der Waals surface area contributed by atoms with Crippen molar-refractivity contribution in [3.05, 3.63) is 0 Å². The zero-order valence-electron chi connectivity index (χ0n) is 11.6. The Bertz CT molecular complexity index is 263. The van der Waals surface area contributed by atoms with E-state index in [1.165, 1.54) is 6.42 Å². The summed E-state index contributed by atoms with van der Waals surface area (Å²) in [6, 6.07) is 0. The Morgan fingerprint density at radius 2 is 1.72 bits per heavy atom. The molecule has 0 spiro atoms. The topological polar surface area (TPSA) is 44.8 Å². The maximum absolute atomic E-state index is 12.4. The van der Waals surface area contributed by atoms with Gasteiger partial charge in [0.05, 0.1) is 19.3 Å². The van der Waals surface area contributed by atoms with E-state index in [4.69, 9.17) is 13.6 Å². The molecule has 2 atom stereocenters. The molecule has 0 bridgehead atoms. The Morgan fingerprint density at radius 3 is 2.28 bits per heavy atom. The first-order valence-corrected chi connectivity index (χ1v) is 9.35. The minimum atomic E-state index is -3.36. The van der Waals surface area contributed by atoms with Gasteiger partial charge in [0, 0.05) is 5.25 Å². The first-order chi connectivity index (χ1) is 8.65. The van der Waals surface area contributed by atoms with E-state index in [0.29, 0.717) is 18.5 Å². The van der Waals surface area contributed by atoms with Gasteiger partial charge < -0.3 is 0 Å². The Morgan fingerprint density at radius 1 is 1.11 bits per heavy atom. The fraction of sp³-hybridized carbons (Fsp3) is 1.00. The lowest BCUT2D eigenvalue weighted by molar-refractivity contribution is 0.0695. The van der Waals surface area contributed by atoms with Crippen LogP contribution in [0.4, 0.5) is 0 Å². The van der Waals surface area contributed by atoms with Crippen molar-refractivity contribution in [1.29, 1.82) is 0 Å².